The number of hydrogen-bond acceptors (Lipinski definition) is 2. The zero-order valence-electron chi connectivity index (χ0n) is 13.2. The minimum Gasteiger partial charge on any atom is -0.339 e. The number of carbonyl (C=O) groups excluding carboxylic acids is 1. The van der Waals surface area contributed by atoms with Crippen LogP contribution in [0, 0.1) is 6.92 Å². The van der Waals surface area contributed by atoms with E-state index in [-0.39, 0.29) is 11.9 Å². The van der Waals surface area contributed by atoms with Crippen LogP contribution in [0.3, 0.4) is 0 Å². The highest BCUT2D eigenvalue weighted by molar-refractivity contribution is 5.88. The van der Waals surface area contributed by atoms with Crippen molar-refractivity contribution in [3.05, 3.63) is 77.9 Å². The second-order valence-corrected chi connectivity index (χ2v) is 5.13. The number of aromatic nitrogens is 2. The average Bonchev–Trinajstić information content (AvgIpc) is 2.92. The number of rotatable bonds is 5. The van der Waals surface area contributed by atoms with Crippen molar-refractivity contribution in [1.82, 2.24) is 14.9 Å². The minimum absolute atomic E-state index is 0.147. The highest BCUT2D eigenvalue weighted by atomic mass is 16.1. The number of aryl methyl sites for hydroxylation is 2. The second-order valence-electron chi connectivity index (χ2n) is 5.13. The van der Waals surface area contributed by atoms with Crippen LogP contribution in [-0.2, 0) is 11.8 Å². The molecule has 22 heavy (non-hydrogen) atoms. The second kappa shape index (κ2) is 7.41. The summed E-state index contributed by atoms with van der Waals surface area (Å²) in [6.07, 6.45) is 10.5. The van der Waals surface area contributed by atoms with Gasteiger partial charge in [0, 0.05) is 25.5 Å². The van der Waals surface area contributed by atoms with E-state index in [2.05, 4.69) is 10.3 Å². The molecule has 1 aromatic heterocycles. The number of amides is 1. The lowest BCUT2D eigenvalue weighted by molar-refractivity contribution is -0.117. The Labute approximate surface area is 131 Å². The monoisotopic (exact) mass is 295 g/mol. The van der Waals surface area contributed by atoms with Crippen molar-refractivity contribution < 1.29 is 4.79 Å². The van der Waals surface area contributed by atoms with Crippen LogP contribution in [0.1, 0.15) is 29.9 Å². The summed E-state index contributed by atoms with van der Waals surface area (Å²) in [6.45, 7) is 3.95. The summed E-state index contributed by atoms with van der Waals surface area (Å²) in [5.74, 6) is 0.656. The third-order valence-electron chi connectivity index (χ3n) is 3.37. The molecule has 0 aliphatic rings. The molecule has 0 radical (unpaired) electrons. The van der Waals surface area contributed by atoms with E-state index in [0.29, 0.717) is 0 Å². The molecule has 1 amide bonds. The van der Waals surface area contributed by atoms with E-state index in [1.54, 1.807) is 12.3 Å². The summed E-state index contributed by atoms with van der Waals surface area (Å²) in [4.78, 5) is 16.5. The molecule has 0 aliphatic carbocycles. The molecule has 114 valence electrons. The number of imidazole rings is 1. The van der Waals surface area contributed by atoms with Gasteiger partial charge < -0.3 is 9.88 Å². The number of carbonyl (C=O) groups is 1. The molecule has 0 saturated carbocycles. The molecule has 0 fully saturated rings. The van der Waals surface area contributed by atoms with E-state index in [9.17, 15) is 4.79 Å². The maximum atomic E-state index is 12.1. The van der Waals surface area contributed by atoms with Crippen LogP contribution in [0.2, 0.25) is 0 Å². The molecular formula is C18H21N3O. The first-order chi connectivity index (χ1) is 10.6. The molecule has 1 heterocycles. The summed E-state index contributed by atoms with van der Waals surface area (Å²) in [7, 11) is 1.92. The van der Waals surface area contributed by atoms with Crippen LogP contribution in [0.25, 0.3) is 0 Å². The van der Waals surface area contributed by atoms with Gasteiger partial charge >= 0.3 is 0 Å². The van der Waals surface area contributed by atoms with Gasteiger partial charge in [-0.1, -0.05) is 48.1 Å². The fraction of sp³-hybridized carbons (Fsp3) is 0.222. The van der Waals surface area contributed by atoms with Crippen molar-refractivity contribution in [2.75, 3.05) is 0 Å². The van der Waals surface area contributed by atoms with Crippen molar-refractivity contribution in [2.24, 2.45) is 7.05 Å². The highest BCUT2D eigenvalue weighted by Crippen LogP contribution is 2.20. The topological polar surface area (TPSA) is 46.9 Å². The fourth-order valence-corrected chi connectivity index (χ4v) is 2.16. The molecule has 4 heteroatoms. The van der Waals surface area contributed by atoms with Crippen molar-refractivity contribution in [1.29, 1.82) is 0 Å². The molecule has 1 unspecified atom stereocenters. The zero-order chi connectivity index (χ0) is 15.9. The normalized spacial score (nSPS) is 12.9. The lowest BCUT2D eigenvalue weighted by Gasteiger charge is -2.18. The van der Waals surface area contributed by atoms with E-state index in [1.165, 1.54) is 11.6 Å². The van der Waals surface area contributed by atoms with Gasteiger partial charge in [-0.2, -0.15) is 0 Å². The molecular weight excluding hydrogens is 274 g/mol. The highest BCUT2D eigenvalue weighted by Gasteiger charge is 2.19. The molecule has 0 bridgehead atoms. The van der Waals surface area contributed by atoms with Gasteiger partial charge in [-0.15, -0.1) is 0 Å². The predicted octanol–water partition coefficient (Wildman–Crippen LogP) is 3.07. The Morgan fingerprint density at radius 3 is 2.59 bits per heavy atom. The first-order valence-electron chi connectivity index (χ1n) is 7.25. The first-order valence-corrected chi connectivity index (χ1v) is 7.25. The number of benzene rings is 1. The molecule has 4 nitrogen and oxygen atoms in total. The molecule has 0 spiro atoms. The van der Waals surface area contributed by atoms with Crippen molar-refractivity contribution >= 4 is 5.91 Å². The van der Waals surface area contributed by atoms with Crippen molar-refractivity contribution in [3.8, 4) is 0 Å². The van der Waals surface area contributed by atoms with Gasteiger partial charge in [0.05, 0.1) is 0 Å². The van der Waals surface area contributed by atoms with Crippen LogP contribution < -0.4 is 5.32 Å². The van der Waals surface area contributed by atoms with Crippen LogP contribution in [-0.4, -0.2) is 15.5 Å². The summed E-state index contributed by atoms with van der Waals surface area (Å²) in [5, 5.41) is 3.01. The fourth-order valence-electron chi connectivity index (χ4n) is 2.16. The summed E-state index contributed by atoms with van der Waals surface area (Å²) < 4.78 is 1.92. The van der Waals surface area contributed by atoms with Crippen molar-refractivity contribution in [3.63, 3.8) is 0 Å². The number of hydrogen-bond donors (Lipinski definition) is 1. The lowest BCUT2D eigenvalue weighted by Crippen LogP contribution is -2.29. The number of nitrogens with zero attached hydrogens (tertiary/aromatic N) is 2. The van der Waals surface area contributed by atoms with E-state index < -0.39 is 0 Å². The van der Waals surface area contributed by atoms with Gasteiger partial charge in [0.25, 0.3) is 0 Å². The van der Waals surface area contributed by atoms with Gasteiger partial charge in [0.15, 0.2) is 0 Å². The van der Waals surface area contributed by atoms with E-state index >= 15 is 0 Å². The Morgan fingerprint density at radius 1 is 1.27 bits per heavy atom. The molecule has 1 atom stereocenters. The quantitative estimate of drug-likeness (QED) is 0.680. The smallest absolute Gasteiger partial charge is 0.244 e. The van der Waals surface area contributed by atoms with Gasteiger partial charge in [0.2, 0.25) is 5.91 Å². The standard InChI is InChI=1S/C18H21N3O/c1-4-5-6-7-16(22)20-17(18-19-12-13-21(18)3)15-10-8-14(2)9-11-15/h4-13,17H,1-3H3,(H,20,22)/b5-4+,7-6+. The van der Waals surface area contributed by atoms with Crippen molar-refractivity contribution in [2.45, 2.75) is 19.9 Å². The molecule has 1 N–H and O–H groups in total. The van der Waals surface area contributed by atoms with E-state index in [0.717, 1.165) is 11.4 Å². The third-order valence-corrected chi connectivity index (χ3v) is 3.37. The summed E-state index contributed by atoms with van der Waals surface area (Å²) in [5.41, 5.74) is 2.19. The summed E-state index contributed by atoms with van der Waals surface area (Å²) >= 11 is 0. The zero-order valence-corrected chi connectivity index (χ0v) is 13.2. The van der Waals surface area contributed by atoms with Gasteiger partial charge in [-0.25, -0.2) is 4.98 Å². The van der Waals surface area contributed by atoms with Crippen LogP contribution in [0.5, 0.6) is 0 Å². The van der Waals surface area contributed by atoms with Crippen LogP contribution in [0.4, 0.5) is 0 Å². The maximum Gasteiger partial charge on any atom is 0.244 e. The predicted molar refractivity (Wildman–Crippen MR) is 88.3 cm³/mol. The van der Waals surface area contributed by atoms with Crippen LogP contribution in [0.15, 0.2) is 61.0 Å². The minimum atomic E-state index is -0.275. The molecule has 1 aromatic carbocycles. The Hall–Kier alpha value is -2.62. The molecule has 2 aromatic rings. The summed E-state index contributed by atoms with van der Waals surface area (Å²) in [6, 6.07) is 7.83. The molecule has 2 rings (SSSR count). The van der Waals surface area contributed by atoms with E-state index in [4.69, 9.17) is 0 Å². The van der Waals surface area contributed by atoms with Gasteiger partial charge in [0.1, 0.15) is 11.9 Å². The van der Waals surface area contributed by atoms with E-state index in [1.807, 2.05) is 68.1 Å². The Morgan fingerprint density at radius 2 is 2.00 bits per heavy atom. The first kappa shape index (κ1) is 15.8. The largest absolute Gasteiger partial charge is 0.339 e. The SMILES string of the molecule is C/C=C/C=C/C(=O)NC(c1ccc(C)cc1)c1nccn1C. The molecule has 0 saturated heterocycles. The number of nitrogens with one attached hydrogen (secondary N) is 1. The van der Waals surface area contributed by atoms with Gasteiger partial charge in [-0.3, -0.25) is 4.79 Å². The van der Waals surface area contributed by atoms with Crippen LogP contribution >= 0.6 is 0 Å². The average molecular weight is 295 g/mol. The maximum absolute atomic E-state index is 12.1. The lowest BCUT2D eigenvalue weighted by atomic mass is 10.0. The Balaban J connectivity index is 2.28. The Bertz CT molecular complexity index is 681. The third kappa shape index (κ3) is 3.95. The van der Waals surface area contributed by atoms with Gasteiger partial charge in [-0.05, 0) is 19.4 Å². The number of allylic oxidation sites excluding steroid dienone is 3. The Kier molecular flexibility index (Phi) is 5.31. The molecule has 0 aliphatic heterocycles.